The Morgan fingerprint density at radius 2 is 1.83 bits per heavy atom. The van der Waals surface area contributed by atoms with Crippen molar-refractivity contribution < 1.29 is 23.5 Å². The molecule has 0 amide bonds. The van der Waals surface area contributed by atoms with E-state index in [2.05, 4.69) is 4.98 Å². The summed E-state index contributed by atoms with van der Waals surface area (Å²) in [6, 6.07) is 16.2. The monoisotopic (exact) mass is 487 g/mol. The zero-order valence-corrected chi connectivity index (χ0v) is 18.7. The Hall–Kier alpha value is -4.23. The Bertz CT molecular complexity index is 1650. The minimum absolute atomic E-state index is 0.0214. The van der Waals surface area contributed by atoms with Crippen LogP contribution in [0.25, 0.3) is 17.0 Å². The molecule has 1 N–H and O–H groups in total. The van der Waals surface area contributed by atoms with Gasteiger partial charge < -0.3 is 14.5 Å². The van der Waals surface area contributed by atoms with Crippen molar-refractivity contribution in [2.24, 2.45) is 0 Å². The van der Waals surface area contributed by atoms with Gasteiger partial charge in [-0.1, -0.05) is 35.9 Å². The van der Waals surface area contributed by atoms with Crippen molar-refractivity contribution in [3.8, 4) is 11.5 Å². The van der Waals surface area contributed by atoms with E-state index in [1.165, 1.54) is 36.4 Å². The van der Waals surface area contributed by atoms with E-state index in [4.69, 9.17) is 21.1 Å². The van der Waals surface area contributed by atoms with Crippen molar-refractivity contribution in [1.29, 1.82) is 0 Å². The van der Waals surface area contributed by atoms with Crippen LogP contribution in [0.1, 0.15) is 39.4 Å². The summed E-state index contributed by atoms with van der Waals surface area (Å²) in [7, 11) is 0. The second-order valence-electron chi connectivity index (χ2n) is 8.30. The Morgan fingerprint density at radius 3 is 2.66 bits per heavy atom. The van der Waals surface area contributed by atoms with E-state index in [9.17, 15) is 18.8 Å². The van der Waals surface area contributed by atoms with Crippen molar-refractivity contribution in [2.75, 3.05) is 0 Å². The van der Waals surface area contributed by atoms with Crippen LogP contribution in [0.4, 0.5) is 4.39 Å². The Morgan fingerprint density at radius 1 is 1.00 bits per heavy atom. The highest BCUT2D eigenvalue weighted by atomic mass is 35.5. The number of pyridine rings is 1. The fourth-order valence-corrected chi connectivity index (χ4v) is 4.79. The number of ether oxygens (including phenoxy) is 2. The van der Waals surface area contributed by atoms with E-state index < -0.39 is 23.5 Å². The molecule has 3 heterocycles. The van der Waals surface area contributed by atoms with Gasteiger partial charge in [-0.15, -0.1) is 0 Å². The molecule has 0 saturated carbocycles. The maximum Gasteiger partial charge on any atom is 0.312 e. The zero-order valence-electron chi connectivity index (χ0n) is 17.9. The van der Waals surface area contributed by atoms with E-state index in [1.807, 2.05) is 18.2 Å². The van der Waals surface area contributed by atoms with Gasteiger partial charge in [-0.25, -0.2) is 4.39 Å². The third-order valence-electron chi connectivity index (χ3n) is 6.21. The number of ketones is 1. The van der Waals surface area contributed by atoms with Crippen molar-refractivity contribution in [3.63, 3.8) is 0 Å². The number of carbonyl (C=O) groups excluding carboxylic acids is 2. The standard InChI is InChI=1S/C27H15ClFNO5/c28-18-5-3-6-19(29)17(18)11-22-25(32)14-8-9-21-24(26(14)35-22)15(12-23(31)34-21)16-10-13-4-1-2-7-20(13)30-27(16)33/h1-11,15H,12H2,(H,30,33). The molecule has 0 fully saturated rings. The summed E-state index contributed by atoms with van der Waals surface area (Å²) in [5.74, 6) is -2.03. The van der Waals surface area contributed by atoms with Gasteiger partial charge in [-0.2, -0.15) is 0 Å². The molecule has 0 radical (unpaired) electrons. The molecule has 6 nitrogen and oxygen atoms in total. The number of Topliss-reactive ketones (excluding diaryl/α,β-unsaturated/α-hetero) is 1. The van der Waals surface area contributed by atoms with E-state index in [-0.39, 0.29) is 45.4 Å². The van der Waals surface area contributed by atoms with Crippen molar-refractivity contribution in [3.05, 3.63) is 110 Å². The van der Waals surface area contributed by atoms with Crippen molar-refractivity contribution in [1.82, 2.24) is 4.98 Å². The smallest absolute Gasteiger partial charge is 0.312 e. The summed E-state index contributed by atoms with van der Waals surface area (Å²) in [5, 5.41) is 0.920. The fourth-order valence-electron chi connectivity index (χ4n) is 4.57. The summed E-state index contributed by atoms with van der Waals surface area (Å²) >= 11 is 6.12. The van der Waals surface area contributed by atoms with Gasteiger partial charge in [0.15, 0.2) is 5.76 Å². The largest absolute Gasteiger partial charge is 0.452 e. The van der Waals surface area contributed by atoms with Crippen LogP contribution in [0, 0.1) is 5.82 Å². The summed E-state index contributed by atoms with van der Waals surface area (Å²) in [6.07, 6.45) is 1.14. The fraction of sp³-hybridized carbons (Fsp3) is 0.0741. The highest BCUT2D eigenvalue weighted by molar-refractivity contribution is 6.32. The first-order chi connectivity index (χ1) is 16.9. The number of rotatable bonds is 2. The first kappa shape index (κ1) is 21.3. The third kappa shape index (κ3) is 3.43. The molecular formula is C27H15ClFNO5. The van der Waals surface area contributed by atoms with Gasteiger partial charge >= 0.3 is 5.97 Å². The van der Waals surface area contributed by atoms with E-state index in [0.717, 1.165) is 5.39 Å². The summed E-state index contributed by atoms with van der Waals surface area (Å²) in [4.78, 5) is 41.4. The van der Waals surface area contributed by atoms with Gasteiger partial charge in [-0.05, 0) is 47.9 Å². The molecule has 3 aromatic carbocycles. The van der Waals surface area contributed by atoms with Gasteiger partial charge in [0.25, 0.3) is 5.56 Å². The predicted octanol–water partition coefficient (Wildman–Crippen LogP) is 5.38. The number of benzene rings is 3. The number of fused-ring (bicyclic) bond motifs is 4. The first-order valence-corrected chi connectivity index (χ1v) is 11.2. The molecule has 172 valence electrons. The number of allylic oxidation sites excluding steroid dienone is 1. The van der Waals surface area contributed by atoms with Crippen LogP contribution in [0.15, 0.2) is 71.2 Å². The molecule has 35 heavy (non-hydrogen) atoms. The predicted molar refractivity (Wildman–Crippen MR) is 127 cm³/mol. The molecule has 0 spiro atoms. The highest BCUT2D eigenvalue weighted by Crippen LogP contribution is 2.48. The van der Waals surface area contributed by atoms with Gasteiger partial charge in [0.2, 0.25) is 5.78 Å². The van der Waals surface area contributed by atoms with Gasteiger partial charge in [0.05, 0.1) is 17.0 Å². The van der Waals surface area contributed by atoms with Crippen LogP contribution in [0.3, 0.4) is 0 Å². The number of hydrogen-bond donors (Lipinski definition) is 1. The second kappa shape index (κ2) is 7.92. The Labute approximate surface area is 202 Å². The van der Waals surface area contributed by atoms with Gasteiger partial charge in [-0.3, -0.25) is 14.4 Å². The quantitative estimate of drug-likeness (QED) is 0.233. The molecule has 8 heteroatoms. The SMILES string of the molecule is O=C1CC(c2cc3ccccc3[nH]c2=O)c2c(ccc3c2OC(=Cc2c(F)cccc2Cl)C3=O)O1. The van der Waals surface area contributed by atoms with Crippen LogP contribution in [0.2, 0.25) is 5.02 Å². The van der Waals surface area contributed by atoms with Crippen LogP contribution >= 0.6 is 11.6 Å². The van der Waals surface area contributed by atoms with Crippen LogP contribution in [0.5, 0.6) is 11.5 Å². The number of para-hydroxylation sites is 1. The third-order valence-corrected chi connectivity index (χ3v) is 6.54. The topological polar surface area (TPSA) is 85.5 Å². The Balaban J connectivity index is 1.52. The lowest BCUT2D eigenvalue weighted by Gasteiger charge is -2.26. The number of H-pyrrole nitrogens is 1. The molecule has 1 unspecified atom stereocenters. The average molecular weight is 488 g/mol. The second-order valence-corrected chi connectivity index (χ2v) is 8.71. The molecule has 2 aliphatic rings. The minimum atomic E-state index is -0.709. The van der Waals surface area contributed by atoms with Crippen LogP contribution in [-0.2, 0) is 4.79 Å². The number of esters is 1. The maximum absolute atomic E-state index is 14.3. The van der Waals surface area contributed by atoms with E-state index in [1.54, 1.807) is 12.1 Å². The molecule has 2 aliphatic heterocycles. The van der Waals surface area contributed by atoms with Gasteiger partial charge in [0, 0.05) is 28.1 Å². The number of carbonyl (C=O) groups is 2. The zero-order chi connectivity index (χ0) is 24.3. The summed E-state index contributed by atoms with van der Waals surface area (Å²) in [6.45, 7) is 0. The highest BCUT2D eigenvalue weighted by Gasteiger charge is 2.39. The summed E-state index contributed by atoms with van der Waals surface area (Å²) < 4.78 is 25.7. The molecule has 1 aromatic heterocycles. The number of nitrogens with one attached hydrogen (secondary N) is 1. The van der Waals surface area contributed by atoms with Gasteiger partial charge in [0.1, 0.15) is 17.3 Å². The number of aromatic amines is 1. The lowest BCUT2D eigenvalue weighted by molar-refractivity contribution is -0.135. The van der Waals surface area contributed by atoms with E-state index in [0.29, 0.717) is 16.6 Å². The Kier molecular flexibility index (Phi) is 4.82. The lowest BCUT2D eigenvalue weighted by atomic mass is 9.85. The van der Waals surface area contributed by atoms with Crippen LogP contribution in [-0.4, -0.2) is 16.7 Å². The molecule has 0 aliphatic carbocycles. The van der Waals surface area contributed by atoms with Crippen molar-refractivity contribution >= 4 is 40.3 Å². The molecule has 0 bridgehead atoms. The average Bonchev–Trinajstić information content (AvgIpc) is 3.15. The molecule has 1 atom stereocenters. The molecule has 6 rings (SSSR count). The summed E-state index contributed by atoms with van der Waals surface area (Å²) in [5.41, 5.74) is 1.32. The van der Waals surface area contributed by atoms with Crippen LogP contribution < -0.4 is 15.0 Å². The van der Waals surface area contributed by atoms with E-state index >= 15 is 0 Å². The first-order valence-electron chi connectivity index (χ1n) is 10.8. The molecule has 4 aromatic rings. The molecule has 0 saturated heterocycles. The number of halogens is 2. The lowest BCUT2D eigenvalue weighted by Crippen LogP contribution is -2.26. The number of hydrogen-bond acceptors (Lipinski definition) is 5. The van der Waals surface area contributed by atoms with Crippen molar-refractivity contribution in [2.45, 2.75) is 12.3 Å². The molecular weight excluding hydrogens is 473 g/mol. The number of aromatic nitrogens is 1. The minimum Gasteiger partial charge on any atom is -0.452 e. The normalized spacial score (nSPS) is 17.8. The maximum atomic E-state index is 14.3.